The molecule has 10 nitrogen and oxygen atoms in total. The fraction of sp³-hybridized carbons (Fsp3) is 0.409. The van der Waals surface area contributed by atoms with Gasteiger partial charge < -0.3 is 4.90 Å². The standard InChI is InChI=1S/C22H25Cl2N7O3S/c1-35(33,34)28-16-7-6-14(23)11-15(16)22(32)29-9-3-2-5-18(29)17-12-20-26-19(24)13-21(31(20)27-17)30-10-4-8-25-30/h6-7,11-13,18,25,28H,2-5,8-10H2,1H3/t18-/m0/s1. The maximum atomic E-state index is 13.7. The molecule has 3 aromatic rings. The summed E-state index contributed by atoms with van der Waals surface area (Å²) in [6.45, 7) is 2.20. The van der Waals surface area contributed by atoms with Crippen molar-refractivity contribution in [1.29, 1.82) is 0 Å². The number of carbonyl (C=O) groups is 1. The molecule has 186 valence electrons. The van der Waals surface area contributed by atoms with Crippen LogP contribution in [0.25, 0.3) is 5.65 Å². The topological polar surface area (TPSA) is 112 Å². The molecule has 35 heavy (non-hydrogen) atoms. The van der Waals surface area contributed by atoms with E-state index in [2.05, 4.69) is 15.1 Å². The molecule has 2 saturated heterocycles. The Balaban J connectivity index is 1.53. The first-order valence-corrected chi connectivity index (χ1v) is 14.0. The summed E-state index contributed by atoms with van der Waals surface area (Å²) in [5.74, 6) is 0.472. The van der Waals surface area contributed by atoms with Crippen LogP contribution in [0.5, 0.6) is 0 Å². The first-order chi connectivity index (χ1) is 16.7. The van der Waals surface area contributed by atoms with Gasteiger partial charge in [0.15, 0.2) is 5.65 Å². The summed E-state index contributed by atoms with van der Waals surface area (Å²) in [6.07, 6.45) is 4.53. The van der Waals surface area contributed by atoms with Crippen molar-refractivity contribution in [2.24, 2.45) is 0 Å². The predicted octanol–water partition coefficient (Wildman–Crippen LogP) is 3.49. The number of benzene rings is 1. The third kappa shape index (κ3) is 5.04. The number of aromatic nitrogens is 3. The van der Waals surface area contributed by atoms with Gasteiger partial charge in [-0.25, -0.2) is 18.8 Å². The number of likely N-dealkylation sites (tertiary alicyclic amines) is 1. The van der Waals surface area contributed by atoms with Gasteiger partial charge in [0, 0.05) is 36.8 Å². The highest BCUT2D eigenvalue weighted by Gasteiger charge is 2.32. The number of halogens is 2. The summed E-state index contributed by atoms with van der Waals surface area (Å²) < 4.78 is 27.9. The lowest BCUT2D eigenvalue weighted by molar-refractivity contribution is 0.0607. The molecule has 4 heterocycles. The Hall–Kier alpha value is -2.60. The fourth-order valence-electron chi connectivity index (χ4n) is 4.65. The van der Waals surface area contributed by atoms with Crippen LogP contribution in [0, 0.1) is 0 Å². The van der Waals surface area contributed by atoms with E-state index in [9.17, 15) is 13.2 Å². The zero-order chi connectivity index (χ0) is 24.7. The van der Waals surface area contributed by atoms with E-state index in [0.717, 1.165) is 50.8 Å². The van der Waals surface area contributed by atoms with Crippen molar-refractivity contribution in [2.75, 3.05) is 35.6 Å². The van der Waals surface area contributed by atoms with Crippen LogP contribution in [0.15, 0.2) is 30.3 Å². The first-order valence-electron chi connectivity index (χ1n) is 11.4. The minimum absolute atomic E-state index is 0.192. The molecule has 2 fully saturated rings. The number of hydrogen-bond acceptors (Lipinski definition) is 7. The van der Waals surface area contributed by atoms with Crippen molar-refractivity contribution in [3.63, 3.8) is 0 Å². The van der Waals surface area contributed by atoms with Crippen molar-refractivity contribution in [1.82, 2.24) is 24.9 Å². The molecule has 0 radical (unpaired) electrons. The first kappa shape index (κ1) is 24.1. The van der Waals surface area contributed by atoms with Crippen LogP contribution in [0.4, 0.5) is 11.5 Å². The summed E-state index contributed by atoms with van der Waals surface area (Å²) in [6, 6.07) is 7.86. The number of hydrogen-bond donors (Lipinski definition) is 2. The van der Waals surface area contributed by atoms with Gasteiger partial charge in [0.2, 0.25) is 10.0 Å². The molecule has 0 unspecified atom stereocenters. The van der Waals surface area contributed by atoms with Crippen molar-refractivity contribution < 1.29 is 13.2 Å². The van der Waals surface area contributed by atoms with Crippen molar-refractivity contribution >= 4 is 56.3 Å². The zero-order valence-electron chi connectivity index (χ0n) is 19.0. The number of sulfonamides is 1. The number of rotatable bonds is 5. The number of nitrogens with one attached hydrogen (secondary N) is 2. The Kier molecular flexibility index (Phi) is 6.51. The molecule has 0 spiro atoms. The van der Waals surface area contributed by atoms with Crippen molar-refractivity contribution in [2.45, 2.75) is 31.7 Å². The summed E-state index contributed by atoms with van der Waals surface area (Å²) in [5, 5.41) is 7.53. The molecule has 0 saturated carbocycles. The third-order valence-corrected chi connectivity index (χ3v) is 7.17. The Labute approximate surface area is 213 Å². The second-order valence-electron chi connectivity index (χ2n) is 8.76. The molecular weight excluding hydrogens is 513 g/mol. The molecule has 1 amide bonds. The highest BCUT2D eigenvalue weighted by molar-refractivity contribution is 7.92. The van der Waals surface area contributed by atoms with Gasteiger partial charge in [-0.2, -0.15) is 9.61 Å². The molecule has 0 bridgehead atoms. The van der Waals surface area contributed by atoms with Crippen LogP contribution in [-0.4, -0.2) is 59.7 Å². The zero-order valence-corrected chi connectivity index (χ0v) is 21.4. The normalized spacial score (nSPS) is 18.9. The highest BCUT2D eigenvalue weighted by Crippen LogP contribution is 2.35. The lowest BCUT2D eigenvalue weighted by atomic mass is 9.98. The van der Waals surface area contributed by atoms with E-state index in [1.807, 2.05) is 11.1 Å². The molecule has 13 heteroatoms. The molecule has 2 aliphatic heterocycles. The molecule has 1 atom stereocenters. The van der Waals surface area contributed by atoms with Gasteiger partial charge in [0.05, 0.1) is 29.2 Å². The van der Waals surface area contributed by atoms with Gasteiger partial charge >= 0.3 is 0 Å². The Morgan fingerprint density at radius 1 is 1.14 bits per heavy atom. The molecule has 0 aliphatic carbocycles. The Morgan fingerprint density at radius 3 is 2.71 bits per heavy atom. The lowest BCUT2D eigenvalue weighted by Crippen LogP contribution is -2.39. The van der Waals surface area contributed by atoms with E-state index >= 15 is 0 Å². The van der Waals surface area contributed by atoms with Crippen LogP contribution in [0.1, 0.15) is 47.8 Å². The molecule has 1 aromatic carbocycles. The number of hydrazine groups is 1. The van der Waals surface area contributed by atoms with E-state index < -0.39 is 10.0 Å². The number of amides is 1. The van der Waals surface area contributed by atoms with Crippen LogP contribution in [-0.2, 0) is 10.0 Å². The summed E-state index contributed by atoms with van der Waals surface area (Å²) in [5.41, 5.74) is 5.00. The number of piperidine rings is 1. The largest absolute Gasteiger partial charge is 0.330 e. The molecule has 2 aliphatic rings. The molecule has 2 aromatic heterocycles. The van der Waals surface area contributed by atoms with E-state index in [0.29, 0.717) is 28.1 Å². The Bertz CT molecular complexity index is 1390. The summed E-state index contributed by atoms with van der Waals surface area (Å²) in [7, 11) is -3.59. The number of nitrogens with zero attached hydrogens (tertiary/aromatic N) is 5. The smallest absolute Gasteiger partial charge is 0.256 e. The second kappa shape index (κ2) is 9.45. The number of carbonyl (C=O) groups excluding carboxylic acids is 1. The molecule has 2 N–H and O–H groups in total. The highest BCUT2D eigenvalue weighted by atomic mass is 35.5. The fourth-order valence-corrected chi connectivity index (χ4v) is 5.58. The quantitative estimate of drug-likeness (QED) is 0.479. The monoisotopic (exact) mass is 537 g/mol. The number of anilines is 2. The molecular formula is C22H25Cl2N7O3S. The maximum absolute atomic E-state index is 13.7. The third-order valence-electron chi connectivity index (χ3n) is 6.15. The van der Waals surface area contributed by atoms with Gasteiger partial charge in [0.1, 0.15) is 11.0 Å². The van der Waals surface area contributed by atoms with Crippen LogP contribution in [0.3, 0.4) is 0 Å². The van der Waals surface area contributed by atoms with Gasteiger partial charge in [0.25, 0.3) is 5.91 Å². The predicted molar refractivity (Wildman–Crippen MR) is 136 cm³/mol. The molecule has 5 rings (SSSR count). The Morgan fingerprint density at radius 2 is 1.97 bits per heavy atom. The van der Waals surface area contributed by atoms with Crippen LogP contribution >= 0.6 is 23.2 Å². The van der Waals surface area contributed by atoms with Crippen molar-refractivity contribution in [3.05, 3.63) is 51.8 Å². The van der Waals surface area contributed by atoms with Gasteiger partial charge in [-0.05, 0) is 43.9 Å². The van der Waals surface area contributed by atoms with E-state index in [-0.39, 0.29) is 23.2 Å². The minimum atomic E-state index is -3.59. The SMILES string of the molecule is CS(=O)(=O)Nc1ccc(Cl)cc1C(=O)N1CCCC[C@H]1c1cc2nc(Cl)cc(N3CCCN3)n2n1. The van der Waals surface area contributed by atoms with Gasteiger partial charge in [-0.3, -0.25) is 14.5 Å². The van der Waals surface area contributed by atoms with E-state index in [1.165, 1.54) is 12.1 Å². The van der Waals surface area contributed by atoms with Crippen LogP contribution < -0.4 is 15.2 Å². The maximum Gasteiger partial charge on any atom is 0.256 e. The van der Waals surface area contributed by atoms with E-state index in [1.54, 1.807) is 21.5 Å². The minimum Gasteiger partial charge on any atom is -0.330 e. The number of fused-ring (bicyclic) bond motifs is 1. The summed E-state index contributed by atoms with van der Waals surface area (Å²) >= 11 is 12.5. The average Bonchev–Trinajstić information content (AvgIpc) is 3.48. The summed E-state index contributed by atoms with van der Waals surface area (Å²) in [4.78, 5) is 19.9. The van der Waals surface area contributed by atoms with E-state index in [4.69, 9.17) is 28.3 Å². The van der Waals surface area contributed by atoms with Crippen LogP contribution in [0.2, 0.25) is 10.2 Å². The average molecular weight is 538 g/mol. The lowest BCUT2D eigenvalue weighted by Gasteiger charge is -2.35. The van der Waals surface area contributed by atoms with Gasteiger partial charge in [-0.15, -0.1) is 0 Å². The second-order valence-corrected chi connectivity index (χ2v) is 11.3. The van der Waals surface area contributed by atoms with Gasteiger partial charge in [-0.1, -0.05) is 23.2 Å². The van der Waals surface area contributed by atoms with Crippen molar-refractivity contribution in [3.8, 4) is 0 Å².